The lowest BCUT2D eigenvalue weighted by atomic mass is 9.98. The molecule has 5 aromatic carbocycles. The number of imidazole rings is 1. The third-order valence-corrected chi connectivity index (χ3v) is 6.89. The Balaban J connectivity index is 1.50. The van der Waals surface area contributed by atoms with E-state index in [1.54, 1.807) is 18.2 Å². The Kier molecular flexibility index (Phi) is 5.42. The van der Waals surface area contributed by atoms with Crippen LogP contribution in [0.25, 0.3) is 44.0 Å². The van der Waals surface area contributed by atoms with Gasteiger partial charge in [0.25, 0.3) is 5.91 Å². The third kappa shape index (κ3) is 3.69. The Morgan fingerprint density at radius 1 is 0.889 bits per heavy atom. The zero-order chi connectivity index (χ0) is 24.8. The zero-order valence-corrected chi connectivity index (χ0v) is 20.1. The summed E-state index contributed by atoms with van der Waals surface area (Å²) in [5.74, 6) is -0.230. The quantitative estimate of drug-likeness (QED) is 0.246. The predicted octanol–water partition coefficient (Wildman–Crippen LogP) is 7.82. The van der Waals surface area contributed by atoms with Gasteiger partial charge >= 0.3 is 0 Å². The monoisotopic (exact) mass is 493 g/mol. The number of carbonyl (C=O) groups is 1. The standard InChI is InChI=1S/C30H21ClFN3O/c1-17(18-8-3-2-4-9-18)33-30(36)19-14-15-22-23(16-19)20-10-5-6-11-21(20)27-28(22)35-29(34-27)26-24(31)12-7-13-25(26)32/h2-17H,1H3,(H,33,36)(H,34,35). The molecule has 0 aliphatic carbocycles. The van der Waals surface area contributed by atoms with E-state index >= 15 is 0 Å². The Hall–Kier alpha value is -4.22. The van der Waals surface area contributed by atoms with E-state index in [9.17, 15) is 9.18 Å². The summed E-state index contributed by atoms with van der Waals surface area (Å²) in [5, 5.41) is 7.04. The molecule has 1 atom stereocenters. The SMILES string of the molecule is CC(NC(=O)c1ccc2c(c1)c1ccccc1c1nc(-c3c(F)cccc3Cl)[nH]c21)c1ccccc1. The molecule has 1 aromatic heterocycles. The highest BCUT2D eigenvalue weighted by molar-refractivity contribution is 6.33. The van der Waals surface area contributed by atoms with E-state index in [2.05, 4.69) is 10.3 Å². The fourth-order valence-corrected chi connectivity index (χ4v) is 5.01. The number of aromatic amines is 1. The van der Waals surface area contributed by atoms with Crippen molar-refractivity contribution in [3.63, 3.8) is 0 Å². The van der Waals surface area contributed by atoms with Gasteiger partial charge in [-0.05, 0) is 47.5 Å². The molecule has 6 heteroatoms. The molecule has 1 heterocycles. The second kappa shape index (κ2) is 8.77. The number of halogens is 2. The molecule has 6 rings (SSSR count). The van der Waals surface area contributed by atoms with Gasteiger partial charge in [0.05, 0.1) is 27.7 Å². The number of fused-ring (bicyclic) bond motifs is 6. The van der Waals surface area contributed by atoms with E-state index in [0.717, 1.165) is 38.1 Å². The summed E-state index contributed by atoms with van der Waals surface area (Å²) in [6.07, 6.45) is 0. The number of hydrogen-bond acceptors (Lipinski definition) is 2. The molecule has 6 aromatic rings. The molecule has 1 amide bonds. The number of nitrogens with one attached hydrogen (secondary N) is 2. The summed E-state index contributed by atoms with van der Waals surface area (Å²) >= 11 is 6.32. The Morgan fingerprint density at radius 2 is 1.64 bits per heavy atom. The molecule has 176 valence electrons. The Morgan fingerprint density at radius 3 is 2.42 bits per heavy atom. The first-order chi connectivity index (χ1) is 17.5. The Bertz CT molecular complexity index is 1760. The third-order valence-electron chi connectivity index (χ3n) is 6.57. The minimum absolute atomic E-state index is 0.130. The second-order valence-electron chi connectivity index (χ2n) is 8.82. The minimum Gasteiger partial charge on any atom is -0.346 e. The van der Waals surface area contributed by atoms with Crippen LogP contribution in [0.1, 0.15) is 28.9 Å². The highest BCUT2D eigenvalue weighted by atomic mass is 35.5. The van der Waals surface area contributed by atoms with Crippen LogP contribution in [-0.4, -0.2) is 15.9 Å². The number of rotatable bonds is 4. The lowest BCUT2D eigenvalue weighted by Gasteiger charge is -2.15. The fraction of sp³-hybridized carbons (Fsp3) is 0.0667. The molecule has 0 radical (unpaired) electrons. The van der Waals surface area contributed by atoms with Crippen molar-refractivity contribution in [2.24, 2.45) is 0 Å². The number of nitrogens with zero attached hydrogens (tertiary/aromatic N) is 1. The molecular weight excluding hydrogens is 473 g/mol. The van der Waals surface area contributed by atoms with Gasteiger partial charge in [-0.25, -0.2) is 9.37 Å². The zero-order valence-electron chi connectivity index (χ0n) is 19.3. The normalized spacial score (nSPS) is 12.3. The lowest BCUT2D eigenvalue weighted by molar-refractivity contribution is 0.0940. The number of H-pyrrole nitrogens is 1. The van der Waals surface area contributed by atoms with Crippen molar-refractivity contribution >= 4 is 50.1 Å². The maximum atomic E-state index is 14.7. The van der Waals surface area contributed by atoms with Gasteiger partial charge in [-0.15, -0.1) is 0 Å². The number of benzene rings is 5. The van der Waals surface area contributed by atoms with Crippen LogP contribution in [0, 0.1) is 5.82 Å². The van der Waals surface area contributed by atoms with Crippen molar-refractivity contribution in [3.8, 4) is 11.4 Å². The van der Waals surface area contributed by atoms with Crippen LogP contribution < -0.4 is 5.32 Å². The molecule has 2 N–H and O–H groups in total. The van der Waals surface area contributed by atoms with Gasteiger partial charge in [0.15, 0.2) is 0 Å². The number of amides is 1. The van der Waals surface area contributed by atoms with Crippen molar-refractivity contribution in [2.45, 2.75) is 13.0 Å². The molecule has 1 unspecified atom stereocenters. The second-order valence-corrected chi connectivity index (χ2v) is 9.22. The van der Waals surface area contributed by atoms with E-state index in [1.165, 1.54) is 6.07 Å². The van der Waals surface area contributed by atoms with E-state index in [0.29, 0.717) is 11.4 Å². The summed E-state index contributed by atoms with van der Waals surface area (Å²) in [6.45, 7) is 1.97. The van der Waals surface area contributed by atoms with E-state index in [-0.39, 0.29) is 22.5 Å². The van der Waals surface area contributed by atoms with Crippen LogP contribution in [-0.2, 0) is 0 Å². The molecule has 0 saturated carbocycles. The lowest BCUT2D eigenvalue weighted by Crippen LogP contribution is -2.26. The largest absolute Gasteiger partial charge is 0.346 e. The molecule has 0 bridgehead atoms. The van der Waals surface area contributed by atoms with Crippen molar-refractivity contribution in [2.75, 3.05) is 0 Å². The highest BCUT2D eigenvalue weighted by Crippen LogP contribution is 2.37. The first kappa shape index (κ1) is 22.3. The molecule has 0 spiro atoms. The van der Waals surface area contributed by atoms with Gasteiger partial charge in [-0.2, -0.15) is 0 Å². The van der Waals surface area contributed by atoms with Gasteiger partial charge in [0, 0.05) is 16.3 Å². The van der Waals surface area contributed by atoms with Crippen molar-refractivity contribution in [1.82, 2.24) is 15.3 Å². The van der Waals surface area contributed by atoms with Gasteiger partial charge in [0.1, 0.15) is 11.6 Å². The summed E-state index contributed by atoms with van der Waals surface area (Å²) in [4.78, 5) is 21.2. The molecular formula is C30H21ClFN3O. The van der Waals surface area contributed by atoms with Crippen molar-refractivity contribution < 1.29 is 9.18 Å². The maximum absolute atomic E-state index is 14.7. The number of carbonyl (C=O) groups excluding carboxylic acids is 1. The van der Waals surface area contributed by atoms with Crippen LogP contribution in [0.4, 0.5) is 4.39 Å². The molecule has 0 saturated heterocycles. The van der Waals surface area contributed by atoms with Gasteiger partial charge in [-0.3, -0.25) is 4.79 Å². The average Bonchev–Trinajstić information content (AvgIpc) is 3.34. The molecule has 36 heavy (non-hydrogen) atoms. The van der Waals surface area contributed by atoms with Crippen LogP contribution in [0.2, 0.25) is 5.02 Å². The van der Waals surface area contributed by atoms with E-state index in [1.807, 2.05) is 73.7 Å². The summed E-state index contributed by atoms with van der Waals surface area (Å²) in [6, 6.07) is 27.8. The van der Waals surface area contributed by atoms with Crippen LogP contribution >= 0.6 is 11.6 Å². The summed E-state index contributed by atoms with van der Waals surface area (Å²) < 4.78 is 14.7. The summed E-state index contributed by atoms with van der Waals surface area (Å²) in [5.41, 5.74) is 3.32. The maximum Gasteiger partial charge on any atom is 0.251 e. The molecule has 0 aliphatic heterocycles. The van der Waals surface area contributed by atoms with E-state index < -0.39 is 5.82 Å². The first-order valence-electron chi connectivity index (χ1n) is 11.7. The van der Waals surface area contributed by atoms with Crippen LogP contribution in [0.3, 0.4) is 0 Å². The molecule has 4 nitrogen and oxygen atoms in total. The van der Waals surface area contributed by atoms with Crippen molar-refractivity contribution in [3.05, 3.63) is 113 Å². The fourth-order valence-electron chi connectivity index (χ4n) is 4.76. The number of aromatic nitrogens is 2. The van der Waals surface area contributed by atoms with Gasteiger partial charge in [-0.1, -0.05) is 78.3 Å². The Labute approximate surface area is 211 Å². The van der Waals surface area contributed by atoms with Gasteiger partial charge in [0.2, 0.25) is 0 Å². The average molecular weight is 494 g/mol. The topological polar surface area (TPSA) is 57.8 Å². The molecule has 0 aliphatic rings. The highest BCUT2D eigenvalue weighted by Gasteiger charge is 2.19. The first-order valence-corrected chi connectivity index (χ1v) is 12.0. The van der Waals surface area contributed by atoms with Crippen LogP contribution in [0.5, 0.6) is 0 Å². The van der Waals surface area contributed by atoms with Crippen molar-refractivity contribution in [1.29, 1.82) is 0 Å². The minimum atomic E-state index is -0.443. The van der Waals surface area contributed by atoms with Gasteiger partial charge < -0.3 is 10.3 Å². The predicted molar refractivity (Wildman–Crippen MR) is 144 cm³/mol. The van der Waals surface area contributed by atoms with E-state index in [4.69, 9.17) is 16.6 Å². The van der Waals surface area contributed by atoms with Crippen LogP contribution in [0.15, 0.2) is 91.0 Å². The molecule has 0 fully saturated rings. The number of hydrogen-bond donors (Lipinski definition) is 2. The smallest absolute Gasteiger partial charge is 0.251 e. The summed E-state index contributed by atoms with van der Waals surface area (Å²) in [7, 11) is 0.